The Hall–Kier alpha value is -0.860. The molecule has 2 nitrogen and oxygen atoms in total. The third-order valence-corrected chi connectivity index (χ3v) is 2.95. The van der Waals surface area contributed by atoms with Gasteiger partial charge in [0.05, 0.1) is 0 Å². The summed E-state index contributed by atoms with van der Waals surface area (Å²) in [6.45, 7) is 9.82. The first-order valence-electron chi connectivity index (χ1n) is 6.55. The molecule has 0 radical (unpaired) electrons. The smallest absolute Gasteiger partial charge is 0.0104 e. The molecule has 0 aromatic heterocycles. The summed E-state index contributed by atoms with van der Waals surface area (Å²) in [5.41, 5.74) is 2.77. The van der Waals surface area contributed by atoms with Crippen molar-refractivity contribution < 1.29 is 0 Å². The molecule has 0 saturated carbocycles. The predicted molar refractivity (Wildman–Crippen MR) is 75.5 cm³/mol. The van der Waals surface area contributed by atoms with Gasteiger partial charge in [0.25, 0.3) is 0 Å². The van der Waals surface area contributed by atoms with Gasteiger partial charge in [0.1, 0.15) is 0 Å². The van der Waals surface area contributed by atoms with E-state index in [9.17, 15) is 0 Å². The van der Waals surface area contributed by atoms with Gasteiger partial charge in [-0.3, -0.25) is 0 Å². The molecule has 0 bridgehead atoms. The minimum absolute atomic E-state index is 0.584. The number of hydrogen-bond donors (Lipinski definition) is 1. The highest BCUT2D eigenvalue weighted by molar-refractivity contribution is 5.21. The van der Waals surface area contributed by atoms with Gasteiger partial charge >= 0.3 is 0 Å². The molecule has 96 valence electrons. The van der Waals surface area contributed by atoms with Crippen LogP contribution in [0.15, 0.2) is 24.3 Å². The van der Waals surface area contributed by atoms with E-state index >= 15 is 0 Å². The summed E-state index contributed by atoms with van der Waals surface area (Å²) in [7, 11) is 2.19. The Morgan fingerprint density at radius 3 is 2.35 bits per heavy atom. The lowest BCUT2D eigenvalue weighted by Crippen LogP contribution is -2.33. The number of likely N-dealkylation sites (N-methyl/N-ethyl adjacent to an activating group) is 1. The van der Waals surface area contributed by atoms with Gasteiger partial charge in [-0.25, -0.2) is 0 Å². The van der Waals surface area contributed by atoms with Gasteiger partial charge in [-0.1, -0.05) is 43.7 Å². The van der Waals surface area contributed by atoms with Crippen LogP contribution in [0.25, 0.3) is 0 Å². The molecule has 0 atom stereocenters. The summed E-state index contributed by atoms with van der Waals surface area (Å²) < 4.78 is 0. The van der Waals surface area contributed by atoms with Crippen molar-refractivity contribution in [1.29, 1.82) is 0 Å². The Morgan fingerprint density at radius 2 is 1.76 bits per heavy atom. The zero-order chi connectivity index (χ0) is 12.7. The first-order chi connectivity index (χ1) is 8.08. The molecule has 0 heterocycles. The van der Waals surface area contributed by atoms with Crippen LogP contribution >= 0.6 is 0 Å². The Kier molecular flexibility index (Phi) is 6.23. The standard InChI is InChI=1S/C15H26N2/c1-13(2)16-10-12-17(4)11-9-15-7-5-14(3)6-8-15/h5-8,13,16H,9-12H2,1-4H3. The normalized spacial score (nSPS) is 11.4. The predicted octanol–water partition coefficient (Wildman–Crippen LogP) is 2.47. The van der Waals surface area contributed by atoms with E-state index in [4.69, 9.17) is 0 Å². The first-order valence-corrected chi connectivity index (χ1v) is 6.55. The molecule has 0 amide bonds. The summed E-state index contributed by atoms with van der Waals surface area (Å²) in [5.74, 6) is 0. The SMILES string of the molecule is Cc1ccc(CCN(C)CCNC(C)C)cc1. The molecule has 0 spiro atoms. The molecule has 2 heteroatoms. The minimum Gasteiger partial charge on any atom is -0.313 e. The van der Waals surface area contributed by atoms with Gasteiger partial charge in [0, 0.05) is 25.7 Å². The van der Waals surface area contributed by atoms with E-state index < -0.39 is 0 Å². The average Bonchev–Trinajstić information content (AvgIpc) is 2.28. The second-order valence-corrected chi connectivity index (χ2v) is 5.15. The highest BCUT2D eigenvalue weighted by Crippen LogP contribution is 2.04. The van der Waals surface area contributed by atoms with Crippen molar-refractivity contribution in [1.82, 2.24) is 10.2 Å². The molecule has 1 N–H and O–H groups in total. The average molecular weight is 234 g/mol. The molecule has 0 aliphatic rings. The Morgan fingerprint density at radius 1 is 1.12 bits per heavy atom. The zero-order valence-electron chi connectivity index (χ0n) is 11.7. The minimum atomic E-state index is 0.584. The molecule has 1 aromatic carbocycles. The molecule has 0 fully saturated rings. The van der Waals surface area contributed by atoms with Crippen LogP contribution in [-0.4, -0.2) is 37.6 Å². The molecule has 1 rings (SSSR count). The van der Waals surface area contributed by atoms with Crippen LogP contribution in [0.1, 0.15) is 25.0 Å². The van der Waals surface area contributed by atoms with Crippen molar-refractivity contribution in [3.63, 3.8) is 0 Å². The summed E-state index contributed by atoms with van der Waals surface area (Å²) in [6.07, 6.45) is 1.14. The molecule has 1 aromatic rings. The van der Waals surface area contributed by atoms with Crippen molar-refractivity contribution in [3.05, 3.63) is 35.4 Å². The lowest BCUT2D eigenvalue weighted by Gasteiger charge is -2.18. The van der Waals surface area contributed by atoms with Crippen LogP contribution < -0.4 is 5.32 Å². The molecular formula is C15H26N2. The number of nitrogens with zero attached hydrogens (tertiary/aromatic N) is 1. The summed E-state index contributed by atoms with van der Waals surface area (Å²) in [4.78, 5) is 2.38. The monoisotopic (exact) mass is 234 g/mol. The number of aryl methyl sites for hydroxylation is 1. The zero-order valence-corrected chi connectivity index (χ0v) is 11.7. The van der Waals surface area contributed by atoms with E-state index in [0.29, 0.717) is 6.04 Å². The van der Waals surface area contributed by atoms with Crippen LogP contribution in [-0.2, 0) is 6.42 Å². The molecule has 0 saturated heterocycles. The summed E-state index contributed by atoms with van der Waals surface area (Å²) in [5, 5.41) is 3.44. The van der Waals surface area contributed by atoms with Gasteiger partial charge in [0.15, 0.2) is 0 Å². The van der Waals surface area contributed by atoms with Crippen molar-refractivity contribution in [2.45, 2.75) is 33.2 Å². The maximum absolute atomic E-state index is 3.44. The van der Waals surface area contributed by atoms with Crippen LogP contribution in [0.4, 0.5) is 0 Å². The third-order valence-electron chi connectivity index (χ3n) is 2.95. The van der Waals surface area contributed by atoms with Crippen molar-refractivity contribution in [3.8, 4) is 0 Å². The van der Waals surface area contributed by atoms with Crippen molar-refractivity contribution >= 4 is 0 Å². The highest BCUT2D eigenvalue weighted by Gasteiger charge is 2.00. The van der Waals surface area contributed by atoms with Gasteiger partial charge in [0.2, 0.25) is 0 Å². The highest BCUT2D eigenvalue weighted by atomic mass is 15.1. The van der Waals surface area contributed by atoms with Gasteiger partial charge in [-0.05, 0) is 26.0 Å². The molecule has 0 unspecified atom stereocenters. The fourth-order valence-electron chi connectivity index (χ4n) is 1.73. The number of nitrogens with one attached hydrogen (secondary N) is 1. The van der Waals surface area contributed by atoms with Crippen molar-refractivity contribution in [2.75, 3.05) is 26.7 Å². The van der Waals surface area contributed by atoms with E-state index in [0.717, 1.165) is 26.1 Å². The van der Waals surface area contributed by atoms with Crippen molar-refractivity contribution in [2.24, 2.45) is 0 Å². The Bertz CT molecular complexity index is 303. The summed E-state index contributed by atoms with van der Waals surface area (Å²) in [6, 6.07) is 9.43. The molecule has 0 aliphatic heterocycles. The van der Waals surface area contributed by atoms with E-state index in [1.807, 2.05) is 0 Å². The fraction of sp³-hybridized carbons (Fsp3) is 0.600. The topological polar surface area (TPSA) is 15.3 Å². The van der Waals surface area contributed by atoms with E-state index in [2.05, 4.69) is 62.3 Å². The second kappa shape index (κ2) is 7.46. The first kappa shape index (κ1) is 14.2. The Balaban J connectivity index is 2.19. The fourth-order valence-corrected chi connectivity index (χ4v) is 1.73. The van der Waals surface area contributed by atoms with Crippen LogP contribution in [0, 0.1) is 6.92 Å². The van der Waals surface area contributed by atoms with E-state index in [-0.39, 0.29) is 0 Å². The number of rotatable bonds is 7. The third kappa shape index (κ3) is 6.44. The maximum atomic E-state index is 3.44. The maximum Gasteiger partial charge on any atom is 0.0104 e. The molecule has 17 heavy (non-hydrogen) atoms. The van der Waals surface area contributed by atoms with Crippen LogP contribution in [0.3, 0.4) is 0 Å². The number of benzene rings is 1. The molecule has 0 aliphatic carbocycles. The van der Waals surface area contributed by atoms with Crippen LogP contribution in [0.5, 0.6) is 0 Å². The van der Waals surface area contributed by atoms with Gasteiger partial charge < -0.3 is 10.2 Å². The quantitative estimate of drug-likeness (QED) is 0.779. The van der Waals surface area contributed by atoms with Gasteiger partial charge in [-0.2, -0.15) is 0 Å². The lowest BCUT2D eigenvalue weighted by molar-refractivity contribution is 0.331. The largest absolute Gasteiger partial charge is 0.313 e. The molecular weight excluding hydrogens is 208 g/mol. The summed E-state index contributed by atoms with van der Waals surface area (Å²) >= 11 is 0. The van der Waals surface area contributed by atoms with E-state index in [1.54, 1.807) is 0 Å². The van der Waals surface area contributed by atoms with E-state index in [1.165, 1.54) is 11.1 Å². The lowest BCUT2D eigenvalue weighted by atomic mass is 10.1. The second-order valence-electron chi connectivity index (χ2n) is 5.15. The Labute approximate surface area is 106 Å². The van der Waals surface area contributed by atoms with Gasteiger partial charge in [-0.15, -0.1) is 0 Å². The number of hydrogen-bond acceptors (Lipinski definition) is 2. The van der Waals surface area contributed by atoms with Crippen LogP contribution in [0.2, 0.25) is 0 Å².